The smallest absolute Gasteiger partial charge is 0.153 e. The average molecular weight is 266 g/mol. The summed E-state index contributed by atoms with van der Waals surface area (Å²) in [5.74, 6) is 0. The Balaban J connectivity index is 2.27. The zero-order chi connectivity index (χ0) is 12.3. The molecule has 0 spiro atoms. The molecule has 0 radical (unpaired) electrons. The van der Waals surface area contributed by atoms with Crippen LogP contribution in [-0.2, 0) is 6.54 Å². The van der Waals surface area contributed by atoms with Crippen LogP contribution in [0.25, 0.3) is 0 Å². The molecule has 0 bridgehead atoms. The lowest BCUT2D eigenvalue weighted by atomic mass is 10.1. The SMILES string of the molecule is CN(Cc1ccsc1)c1cccc(Cl)c1C=O. The van der Waals surface area contributed by atoms with Gasteiger partial charge in [-0.25, -0.2) is 0 Å². The Morgan fingerprint density at radius 1 is 1.41 bits per heavy atom. The van der Waals surface area contributed by atoms with Crippen molar-refractivity contribution in [2.24, 2.45) is 0 Å². The van der Waals surface area contributed by atoms with Crippen LogP contribution in [0.2, 0.25) is 5.02 Å². The summed E-state index contributed by atoms with van der Waals surface area (Å²) in [6.07, 6.45) is 0.807. The first-order valence-electron chi connectivity index (χ1n) is 5.18. The molecule has 1 aromatic heterocycles. The molecular weight excluding hydrogens is 254 g/mol. The van der Waals surface area contributed by atoms with Crippen LogP contribution in [0.5, 0.6) is 0 Å². The van der Waals surface area contributed by atoms with Crippen LogP contribution in [0.1, 0.15) is 15.9 Å². The molecule has 0 aliphatic heterocycles. The third kappa shape index (κ3) is 2.68. The number of carbonyl (C=O) groups is 1. The van der Waals surface area contributed by atoms with Crippen molar-refractivity contribution in [2.45, 2.75) is 6.54 Å². The molecule has 0 aliphatic carbocycles. The van der Waals surface area contributed by atoms with Crippen molar-refractivity contribution in [1.29, 1.82) is 0 Å². The van der Waals surface area contributed by atoms with Gasteiger partial charge >= 0.3 is 0 Å². The number of halogens is 1. The van der Waals surface area contributed by atoms with E-state index in [1.54, 1.807) is 17.4 Å². The highest BCUT2D eigenvalue weighted by atomic mass is 35.5. The van der Waals surface area contributed by atoms with E-state index in [1.165, 1.54) is 5.56 Å². The van der Waals surface area contributed by atoms with E-state index < -0.39 is 0 Å². The van der Waals surface area contributed by atoms with Gasteiger partial charge in [-0.05, 0) is 34.5 Å². The Hall–Kier alpha value is -1.32. The van der Waals surface area contributed by atoms with Crippen molar-refractivity contribution < 1.29 is 4.79 Å². The first kappa shape index (κ1) is 12.1. The van der Waals surface area contributed by atoms with E-state index in [1.807, 2.05) is 29.5 Å². The van der Waals surface area contributed by atoms with Gasteiger partial charge in [0.05, 0.1) is 10.6 Å². The second-order valence-corrected chi connectivity index (χ2v) is 4.97. The Morgan fingerprint density at radius 3 is 2.88 bits per heavy atom. The molecule has 2 nitrogen and oxygen atoms in total. The van der Waals surface area contributed by atoms with Crippen molar-refractivity contribution >= 4 is 34.9 Å². The highest BCUT2D eigenvalue weighted by Gasteiger charge is 2.10. The monoisotopic (exact) mass is 265 g/mol. The van der Waals surface area contributed by atoms with Crippen LogP contribution in [-0.4, -0.2) is 13.3 Å². The Labute approximate surface area is 109 Å². The molecule has 2 rings (SSSR count). The lowest BCUT2D eigenvalue weighted by Crippen LogP contribution is -2.17. The molecule has 2 aromatic rings. The summed E-state index contributed by atoms with van der Waals surface area (Å²) in [5.41, 5.74) is 2.64. The molecule has 0 saturated heterocycles. The number of nitrogens with zero attached hydrogens (tertiary/aromatic N) is 1. The molecule has 0 saturated carbocycles. The van der Waals surface area contributed by atoms with E-state index >= 15 is 0 Å². The minimum absolute atomic E-state index is 0.495. The number of thiophene rings is 1. The maximum absolute atomic E-state index is 11.0. The molecule has 4 heteroatoms. The number of benzene rings is 1. The number of aldehydes is 1. The maximum atomic E-state index is 11.0. The zero-order valence-electron chi connectivity index (χ0n) is 9.39. The molecular formula is C13H12ClNOS. The number of hydrogen-bond acceptors (Lipinski definition) is 3. The summed E-state index contributed by atoms with van der Waals surface area (Å²) in [6.45, 7) is 0.769. The molecule has 0 aliphatic rings. The summed E-state index contributed by atoms with van der Waals surface area (Å²) in [7, 11) is 1.95. The van der Waals surface area contributed by atoms with Crippen LogP contribution in [0.3, 0.4) is 0 Å². The number of anilines is 1. The van der Waals surface area contributed by atoms with Crippen molar-refractivity contribution in [3.63, 3.8) is 0 Å². The molecule has 88 valence electrons. The van der Waals surface area contributed by atoms with Gasteiger partial charge in [0.1, 0.15) is 0 Å². The normalized spacial score (nSPS) is 10.2. The molecule has 0 unspecified atom stereocenters. The topological polar surface area (TPSA) is 20.3 Å². The van der Waals surface area contributed by atoms with Gasteiger partial charge in [0, 0.05) is 19.3 Å². The summed E-state index contributed by atoms with van der Waals surface area (Å²) < 4.78 is 0. The van der Waals surface area contributed by atoms with E-state index in [4.69, 9.17) is 11.6 Å². The van der Waals surface area contributed by atoms with E-state index in [0.29, 0.717) is 10.6 Å². The van der Waals surface area contributed by atoms with E-state index in [9.17, 15) is 4.79 Å². The van der Waals surface area contributed by atoms with Gasteiger partial charge in [-0.2, -0.15) is 11.3 Å². The van der Waals surface area contributed by atoms with Gasteiger partial charge in [0.25, 0.3) is 0 Å². The fourth-order valence-electron chi connectivity index (χ4n) is 1.72. The lowest BCUT2D eigenvalue weighted by molar-refractivity contribution is 0.112. The summed E-state index contributed by atoms with van der Waals surface area (Å²) >= 11 is 7.67. The standard InChI is InChI=1S/C13H12ClNOS/c1-15(7-10-5-6-17-9-10)13-4-2-3-12(14)11(13)8-16/h2-6,8-9H,7H2,1H3. The first-order valence-corrected chi connectivity index (χ1v) is 6.50. The van der Waals surface area contributed by atoms with Gasteiger partial charge in [-0.3, -0.25) is 4.79 Å². The second kappa shape index (κ2) is 5.34. The Bertz CT molecular complexity index is 510. The Morgan fingerprint density at radius 2 is 2.24 bits per heavy atom. The summed E-state index contributed by atoms with van der Waals surface area (Å²) in [6, 6.07) is 7.57. The number of carbonyl (C=O) groups excluding carboxylic acids is 1. The van der Waals surface area contributed by atoms with Crippen LogP contribution >= 0.6 is 22.9 Å². The molecule has 1 aromatic carbocycles. The maximum Gasteiger partial charge on any atom is 0.153 e. The summed E-state index contributed by atoms with van der Waals surface area (Å²) in [4.78, 5) is 13.1. The fourth-order valence-corrected chi connectivity index (χ4v) is 2.59. The molecule has 1 heterocycles. The van der Waals surface area contributed by atoms with Gasteiger partial charge in [-0.15, -0.1) is 0 Å². The van der Waals surface area contributed by atoms with E-state index in [2.05, 4.69) is 11.4 Å². The molecule has 0 amide bonds. The van der Waals surface area contributed by atoms with Crippen LogP contribution in [0.15, 0.2) is 35.0 Å². The van der Waals surface area contributed by atoms with Crippen molar-refractivity contribution in [3.05, 3.63) is 51.2 Å². The molecule has 0 fully saturated rings. The molecule has 0 atom stereocenters. The minimum Gasteiger partial charge on any atom is -0.370 e. The highest BCUT2D eigenvalue weighted by Crippen LogP contribution is 2.26. The Kier molecular flexibility index (Phi) is 3.82. The third-order valence-corrected chi connectivity index (χ3v) is 3.62. The quantitative estimate of drug-likeness (QED) is 0.783. The zero-order valence-corrected chi connectivity index (χ0v) is 11.0. The minimum atomic E-state index is 0.495. The van der Waals surface area contributed by atoms with Crippen molar-refractivity contribution in [1.82, 2.24) is 0 Å². The van der Waals surface area contributed by atoms with Gasteiger partial charge in [0.15, 0.2) is 6.29 Å². The largest absolute Gasteiger partial charge is 0.370 e. The first-order chi connectivity index (χ1) is 8.22. The second-order valence-electron chi connectivity index (χ2n) is 3.78. The van der Waals surface area contributed by atoms with Gasteiger partial charge in [0.2, 0.25) is 0 Å². The van der Waals surface area contributed by atoms with Crippen molar-refractivity contribution in [2.75, 3.05) is 11.9 Å². The lowest BCUT2D eigenvalue weighted by Gasteiger charge is -2.20. The highest BCUT2D eigenvalue weighted by molar-refractivity contribution is 7.07. The van der Waals surface area contributed by atoms with Crippen LogP contribution in [0.4, 0.5) is 5.69 Å². The van der Waals surface area contributed by atoms with Gasteiger partial charge < -0.3 is 4.90 Å². The molecule has 0 N–H and O–H groups in total. The average Bonchev–Trinajstić information content (AvgIpc) is 2.81. The van der Waals surface area contributed by atoms with E-state index in [-0.39, 0.29) is 0 Å². The predicted molar refractivity (Wildman–Crippen MR) is 73.3 cm³/mol. The van der Waals surface area contributed by atoms with Gasteiger partial charge in [-0.1, -0.05) is 17.7 Å². The number of hydrogen-bond donors (Lipinski definition) is 0. The van der Waals surface area contributed by atoms with E-state index in [0.717, 1.165) is 18.5 Å². The molecule has 17 heavy (non-hydrogen) atoms. The fraction of sp³-hybridized carbons (Fsp3) is 0.154. The summed E-state index contributed by atoms with van der Waals surface area (Å²) in [5, 5.41) is 4.64. The number of rotatable bonds is 4. The predicted octanol–water partition coefficient (Wildman–Crippen LogP) is 3.85. The third-order valence-electron chi connectivity index (χ3n) is 2.56. The van der Waals surface area contributed by atoms with Crippen LogP contribution < -0.4 is 4.90 Å². The van der Waals surface area contributed by atoms with Crippen LogP contribution in [0, 0.1) is 0 Å². The van der Waals surface area contributed by atoms with Crippen molar-refractivity contribution in [3.8, 4) is 0 Å².